The summed E-state index contributed by atoms with van der Waals surface area (Å²) >= 11 is 0. The molecular formula is C17H17F2NO. The Bertz CT molecular complexity index is 625. The average Bonchev–Trinajstić information content (AvgIpc) is 2.94. The van der Waals surface area contributed by atoms with E-state index in [1.807, 2.05) is 0 Å². The third kappa shape index (κ3) is 3.05. The van der Waals surface area contributed by atoms with E-state index in [9.17, 15) is 8.78 Å². The molecule has 0 radical (unpaired) electrons. The van der Waals surface area contributed by atoms with Crippen molar-refractivity contribution in [2.24, 2.45) is 5.73 Å². The second kappa shape index (κ2) is 5.82. The van der Waals surface area contributed by atoms with Crippen LogP contribution in [0.25, 0.3) is 0 Å². The van der Waals surface area contributed by atoms with Crippen LogP contribution in [0.15, 0.2) is 42.5 Å². The summed E-state index contributed by atoms with van der Waals surface area (Å²) in [6.07, 6.45) is 3.45. The lowest BCUT2D eigenvalue weighted by molar-refractivity contribution is -0.0498. The van der Waals surface area contributed by atoms with Gasteiger partial charge in [0, 0.05) is 0 Å². The highest BCUT2D eigenvalue weighted by atomic mass is 19.3. The summed E-state index contributed by atoms with van der Waals surface area (Å²) in [5.41, 5.74) is 11.0. The van der Waals surface area contributed by atoms with Gasteiger partial charge >= 0.3 is 6.61 Å². The Morgan fingerprint density at radius 1 is 0.905 bits per heavy atom. The number of hydrogen-bond acceptors (Lipinski definition) is 2. The maximum atomic E-state index is 12.1. The lowest BCUT2D eigenvalue weighted by Crippen LogP contribution is -2.12. The van der Waals surface area contributed by atoms with Crippen LogP contribution in [0.5, 0.6) is 5.75 Å². The van der Waals surface area contributed by atoms with Crippen LogP contribution in [0.2, 0.25) is 0 Å². The topological polar surface area (TPSA) is 35.2 Å². The van der Waals surface area contributed by atoms with Crippen LogP contribution in [-0.2, 0) is 12.8 Å². The molecule has 0 bridgehead atoms. The Morgan fingerprint density at radius 3 is 2.29 bits per heavy atom. The number of benzene rings is 2. The van der Waals surface area contributed by atoms with Gasteiger partial charge in [0.05, 0.1) is 6.04 Å². The van der Waals surface area contributed by atoms with Crippen LogP contribution in [0.3, 0.4) is 0 Å². The van der Waals surface area contributed by atoms with E-state index < -0.39 is 6.61 Å². The van der Waals surface area contributed by atoms with Crippen molar-refractivity contribution < 1.29 is 13.5 Å². The number of halogens is 2. The number of rotatable bonds is 4. The SMILES string of the molecule is NC(c1ccc(OC(F)F)cc1)c1ccc2c(c1)CCC2. The molecule has 1 aliphatic rings. The minimum Gasteiger partial charge on any atom is -0.435 e. The first-order valence-corrected chi connectivity index (χ1v) is 7.05. The molecule has 1 unspecified atom stereocenters. The number of alkyl halides is 2. The van der Waals surface area contributed by atoms with Gasteiger partial charge in [0.2, 0.25) is 0 Å². The minimum atomic E-state index is -2.80. The molecule has 2 nitrogen and oxygen atoms in total. The lowest BCUT2D eigenvalue weighted by Gasteiger charge is -2.15. The number of hydrogen-bond donors (Lipinski definition) is 1. The molecule has 0 amide bonds. The monoisotopic (exact) mass is 289 g/mol. The zero-order valence-corrected chi connectivity index (χ0v) is 11.6. The fourth-order valence-corrected chi connectivity index (χ4v) is 2.83. The van der Waals surface area contributed by atoms with Crippen LogP contribution in [-0.4, -0.2) is 6.61 Å². The van der Waals surface area contributed by atoms with Crippen LogP contribution in [0.4, 0.5) is 8.78 Å². The maximum absolute atomic E-state index is 12.1. The quantitative estimate of drug-likeness (QED) is 0.928. The third-order valence-electron chi connectivity index (χ3n) is 3.95. The summed E-state index contributed by atoms with van der Waals surface area (Å²) in [7, 11) is 0. The van der Waals surface area contributed by atoms with E-state index in [0.717, 1.165) is 24.0 Å². The lowest BCUT2D eigenvalue weighted by atomic mass is 9.96. The zero-order valence-electron chi connectivity index (χ0n) is 11.6. The Balaban J connectivity index is 1.79. The molecule has 0 fully saturated rings. The average molecular weight is 289 g/mol. The summed E-state index contributed by atoms with van der Waals surface area (Å²) in [5.74, 6) is 0.148. The van der Waals surface area contributed by atoms with Gasteiger partial charge in [-0.3, -0.25) is 0 Å². The largest absolute Gasteiger partial charge is 0.435 e. The summed E-state index contributed by atoms with van der Waals surface area (Å²) in [6, 6.07) is 12.6. The van der Waals surface area contributed by atoms with Crippen LogP contribution in [0, 0.1) is 0 Å². The van der Waals surface area contributed by atoms with E-state index in [4.69, 9.17) is 5.73 Å². The number of aryl methyl sites for hydroxylation is 2. The van der Waals surface area contributed by atoms with Crippen molar-refractivity contribution in [2.75, 3.05) is 0 Å². The molecule has 2 aromatic rings. The van der Waals surface area contributed by atoms with Gasteiger partial charge in [-0.1, -0.05) is 30.3 Å². The van der Waals surface area contributed by atoms with Gasteiger partial charge in [0.15, 0.2) is 0 Å². The van der Waals surface area contributed by atoms with Crippen LogP contribution in [0.1, 0.15) is 34.7 Å². The summed E-state index contributed by atoms with van der Waals surface area (Å²) in [4.78, 5) is 0. The van der Waals surface area contributed by atoms with Crippen LogP contribution >= 0.6 is 0 Å². The van der Waals surface area contributed by atoms with Crippen molar-refractivity contribution in [3.8, 4) is 5.75 Å². The molecule has 0 heterocycles. The molecule has 2 aromatic carbocycles. The van der Waals surface area contributed by atoms with Gasteiger partial charge in [0.25, 0.3) is 0 Å². The van der Waals surface area contributed by atoms with Gasteiger partial charge < -0.3 is 10.5 Å². The van der Waals surface area contributed by atoms with Crippen molar-refractivity contribution in [2.45, 2.75) is 31.9 Å². The third-order valence-corrected chi connectivity index (χ3v) is 3.95. The Kier molecular flexibility index (Phi) is 3.88. The van der Waals surface area contributed by atoms with Crippen molar-refractivity contribution in [3.63, 3.8) is 0 Å². The first kappa shape index (κ1) is 14.0. The van der Waals surface area contributed by atoms with E-state index in [0.29, 0.717) is 0 Å². The van der Waals surface area contributed by atoms with Gasteiger partial charge in [-0.2, -0.15) is 8.78 Å². The summed E-state index contributed by atoms with van der Waals surface area (Å²) in [6.45, 7) is -2.80. The van der Waals surface area contributed by atoms with Crippen molar-refractivity contribution in [1.82, 2.24) is 0 Å². The maximum Gasteiger partial charge on any atom is 0.387 e. The first-order valence-electron chi connectivity index (χ1n) is 7.05. The van der Waals surface area contributed by atoms with E-state index >= 15 is 0 Å². The first-order chi connectivity index (χ1) is 10.1. The molecule has 110 valence electrons. The second-order valence-electron chi connectivity index (χ2n) is 5.31. The fraction of sp³-hybridized carbons (Fsp3) is 0.294. The Labute approximate surface area is 122 Å². The molecule has 1 atom stereocenters. The molecule has 0 saturated carbocycles. The molecule has 0 saturated heterocycles. The second-order valence-corrected chi connectivity index (χ2v) is 5.31. The molecule has 2 N–H and O–H groups in total. The normalized spacial score (nSPS) is 15.0. The van der Waals surface area contributed by atoms with Gasteiger partial charge in [-0.05, 0) is 53.6 Å². The summed E-state index contributed by atoms with van der Waals surface area (Å²) in [5, 5.41) is 0. The molecule has 21 heavy (non-hydrogen) atoms. The molecule has 1 aliphatic carbocycles. The minimum absolute atomic E-state index is 0.148. The van der Waals surface area contributed by atoms with E-state index in [2.05, 4.69) is 22.9 Å². The predicted octanol–water partition coefficient (Wildman–Crippen LogP) is 3.82. The number of ether oxygens (including phenoxy) is 1. The smallest absolute Gasteiger partial charge is 0.387 e. The zero-order chi connectivity index (χ0) is 14.8. The fourth-order valence-electron chi connectivity index (χ4n) is 2.83. The van der Waals surface area contributed by atoms with Gasteiger partial charge in [-0.15, -0.1) is 0 Å². The van der Waals surface area contributed by atoms with Crippen LogP contribution < -0.4 is 10.5 Å². The standard InChI is InChI=1S/C17H17F2NO/c18-17(19)21-15-8-6-12(7-9-15)16(20)14-5-4-11-2-1-3-13(11)10-14/h4-10,16-17H,1-3,20H2. The van der Waals surface area contributed by atoms with Crippen molar-refractivity contribution in [1.29, 1.82) is 0 Å². The van der Waals surface area contributed by atoms with E-state index in [1.54, 1.807) is 12.1 Å². The molecule has 3 rings (SSSR count). The van der Waals surface area contributed by atoms with Gasteiger partial charge in [-0.25, -0.2) is 0 Å². The molecule has 0 aliphatic heterocycles. The Hall–Kier alpha value is -1.94. The molecular weight excluding hydrogens is 272 g/mol. The molecule has 4 heteroatoms. The predicted molar refractivity (Wildman–Crippen MR) is 77.6 cm³/mol. The molecule has 0 aromatic heterocycles. The highest BCUT2D eigenvalue weighted by Gasteiger charge is 2.15. The summed E-state index contributed by atoms with van der Waals surface area (Å²) < 4.78 is 28.6. The highest BCUT2D eigenvalue weighted by Crippen LogP contribution is 2.28. The number of nitrogens with two attached hydrogens (primary N) is 1. The Morgan fingerprint density at radius 2 is 1.57 bits per heavy atom. The van der Waals surface area contributed by atoms with Crippen molar-refractivity contribution >= 4 is 0 Å². The van der Waals surface area contributed by atoms with Crippen molar-refractivity contribution in [3.05, 3.63) is 64.7 Å². The molecule has 0 spiro atoms. The van der Waals surface area contributed by atoms with E-state index in [1.165, 1.54) is 29.7 Å². The van der Waals surface area contributed by atoms with Gasteiger partial charge in [0.1, 0.15) is 5.75 Å². The number of fused-ring (bicyclic) bond motifs is 1. The van der Waals surface area contributed by atoms with E-state index in [-0.39, 0.29) is 11.8 Å². The highest BCUT2D eigenvalue weighted by molar-refractivity contribution is 5.40.